The maximum absolute atomic E-state index is 11.3. The summed E-state index contributed by atoms with van der Waals surface area (Å²) in [6, 6.07) is 11.6. The van der Waals surface area contributed by atoms with Crippen molar-refractivity contribution < 1.29 is 9.21 Å². The maximum atomic E-state index is 11.3. The predicted molar refractivity (Wildman–Crippen MR) is 127 cm³/mol. The van der Waals surface area contributed by atoms with Crippen molar-refractivity contribution >= 4 is 39.4 Å². The van der Waals surface area contributed by atoms with Gasteiger partial charge in [0.15, 0.2) is 5.76 Å². The number of carbonyl (C=O) groups excluding carboxylic acids is 1. The topological polar surface area (TPSA) is 117 Å². The fourth-order valence-corrected chi connectivity index (χ4v) is 4.49. The van der Waals surface area contributed by atoms with Crippen LogP contribution in [0.15, 0.2) is 47.0 Å². The fourth-order valence-electron chi connectivity index (χ4n) is 4.49. The number of hydrogen-bond acceptors (Lipinski definition) is 6. The number of piperazine rings is 1. The van der Waals surface area contributed by atoms with E-state index in [9.17, 15) is 4.79 Å². The molecule has 0 radical (unpaired) electrons. The molecule has 0 spiro atoms. The number of carbonyl (C=O) groups is 1. The van der Waals surface area contributed by atoms with E-state index >= 15 is 0 Å². The smallest absolute Gasteiger partial charge is 0.284 e. The van der Waals surface area contributed by atoms with Gasteiger partial charge in [0.1, 0.15) is 11.4 Å². The summed E-state index contributed by atoms with van der Waals surface area (Å²) in [5.74, 6) is 0.228. The first kappa shape index (κ1) is 20.4. The molecule has 32 heavy (non-hydrogen) atoms. The Morgan fingerprint density at radius 3 is 2.75 bits per heavy atom. The Balaban J connectivity index is 1.10. The van der Waals surface area contributed by atoms with E-state index in [1.54, 1.807) is 6.07 Å². The normalized spacial score (nSPS) is 15.1. The summed E-state index contributed by atoms with van der Waals surface area (Å²) < 4.78 is 5.49. The van der Waals surface area contributed by atoms with Crippen LogP contribution in [0.1, 0.15) is 29.0 Å². The molecule has 1 aliphatic heterocycles. The first-order valence-electron chi connectivity index (χ1n) is 11.1. The van der Waals surface area contributed by atoms with Gasteiger partial charge >= 0.3 is 0 Å². The molecule has 0 saturated carbocycles. The third kappa shape index (κ3) is 4.13. The van der Waals surface area contributed by atoms with Crippen LogP contribution in [0.4, 0.5) is 11.5 Å². The van der Waals surface area contributed by atoms with Crippen LogP contribution in [-0.2, 0) is 6.42 Å². The number of H-pyrrole nitrogens is 1. The zero-order valence-electron chi connectivity index (χ0n) is 18.0. The third-order valence-corrected chi connectivity index (χ3v) is 6.27. The number of aromatic nitrogens is 2. The highest BCUT2D eigenvalue weighted by Crippen LogP contribution is 2.26. The zero-order chi connectivity index (χ0) is 22.1. The van der Waals surface area contributed by atoms with Crippen molar-refractivity contribution in [1.82, 2.24) is 14.9 Å². The summed E-state index contributed by atoms with van der Waals surface area (Å²) in [5.41, 5.74) is 16.3. The van der Waals surface area contributed by atoms with Crippen molar-refractivity contribution in [3.63, 3.8) is 0 Å². The molecule has 5 N–H and O–H groups in total. The zero-order valence-corrected chi connectivity index (χ0v) is 18.0. The van der Waals surface area contributed by atoms with Crippen molar-refractivity contribution in [2.45, 2.75) is 19.3 Å². The molecule has 166 valence electrons. The van der Waals surface area contributed by atoms with Crippen LogP contribution in [-0.4, -0.2) is 53.5 Å². The van der Waals surface area contributed by atoms with E-state index in [0.717, 1.165) is 74.1 Å². The van der Waals surface area contributed by atoms with Crippen molar-refractivity contribution in [2.24, 2.45) is 5.73 Å². The van der Waals surface area contributed by atoms with Gasteiger partial charge in [0.2, 0.25) is 0 Å². The van der Waals surface area contributed by atoms with Crippen molar-refractivity contribution in [3.8, 4) is 0 Å². The maximum Gasteiger partial charge on any atom is 0.284 e. The number of aromatic amines is 1. The Bertz CT molecular complexity index is 1250. The van der Waals surface area contributed by atoms with E-state index in [0.29, 0.717) is 11.4 Å². The van der Waals surface area contributed by atoms with Crippen molar-refractivity contribution in [3.05, 3.63) is 53.9 Å². The lowest BCUT2D eigenvalue weighted by Crippen LogP contribution is -2.46. The van der Waals surface area contributed by atoms with Crippen LogP contribution in [0.25, 0.3) is 22.0 Å². The quantitative estimate of drug-likeness (QED) is 0.386. The molecule has 1 fully saturated rings. The number of unbranched alkanes of at least 4 members (excludes halogenated alkanes) is 1. The van der Waals surface area contributed by atoms with Gasteiger partial charge in [-0.25, -0.2) is 4.98 Å². The Hall–Kier alpha value is -3.52. The lowest BCUT2D eigenvalue weighted by molar-refractivity contribution is 0.0976. The molecule has 0 unspecified atom stereocenters. The number of benzene rings is 1. The molecule has 1 aliphatic rings. The van der Waals surface area contributed by atoms with E-state index in [-0.39, 0.29) is 5.76 Å². The number of anilines is 2. The number of rotatable bonds is 7. The number of hydrogen-bond donors (Lipinski definition) is 3. The van der Waals surface area contributed by atoms with Gasteiger partial charge in [0.25, 0.3) is 5.91 Å². The number of nitrogens with zero attached hydrogens (tertiary/aromatic N) is 3. The number of nitrogens with one attached hydrogen (secondary N) is 1. The summed E-state index contributed by atoms with van der Waals surface area (Å²) in [5, 5.41) is 0.909. The van der Waals surface area contributed by atoms with Gasteiger partial charge in [-0.15, -0.1) is 0 Å². The molecule has 0 atom stereocenters. The van der Waals surface area contributed by atoms with E-state index in [1.807, 2.05) is 24.3 Å². The highest BCUT2D eigenvalue weighted by Gasteiger charge is 2.18. The van der Waals surface area contributed by atoms with Crippen LogP contribution in [0, 0.1) is 0 Å². The molecule has 1 aromatic carbocycles. The molecule has 1 saturated heterocycles. The van der Waals surface area contributed by atoms with E-state index in [1.165, 1.54) is 5.56 Å². The van der Waals surface area contributed by atoms with Crippen LogP contribution in [0.3, 0.4) is 0 Å². The third-order valence-electron chi connectivity index (χ3n) is 6.27. The molecule has 4 aromatic rings. The SMILES string of the molecule is NC(=O)c1cc2cc(N3CCN(CCCCc4c[nH]c5ccc(N)nc45)CC3)ccc2o1. The van der Waals surface area contributed by atoms with Crippen LogP contribution in [0.5, 0.6) is 0 Å². The second-order valence-corrected chi connectivity index (χ2v) is 8.43. The Morgan fingerprint density at radius 1 is 1.09 bits per heavy atom. The average molecular weight is 433 g/mol. The Morgan fingerprint density at radius 2 is 1.94 bits per heavy atom. The molecule has 0 bridgehead atoms. The second kappa shape index (κ2) is 8.55. The van der Waals surface area contributed by atoms with Crippen LogP contribution < -0.4 is 16.4 Å². The fraction of sp³-hybridized carbons (Fsp3) is 0.333. The van der Waals surface area contributed by atoms with Crippen LogP contribution in [0.2, 0.25) is 0 Å². The molecular formula is C24H28N6O2. The number of nitrogen functional groups attached to an aromatic ring is 1. The summed E-state index contributed by atoms with van der Waals surface area (Å²) >= 11 is 0. The number of primary amides is 1. The van der Waals surface area contributed by atoms with Gasteiger partial charge in [0.05, 0.1) is 11.0 Å². The number of amides is 1. The number of pyridine rings is 1. The molecule has 0 aliphatic carbocycles. The van der Waals surface area contributed by atoms with E-state index < -0.39 is 5.91 Å². The van der Waals surface area contributed by atoms with Crippen molar-refractivity contribution in [1.29, 1.82) is 0 Å². The minimum absolute atomic E-state index is 0.203. The highest BCUT2D eigenvalue weighted by atomic mass is 16.3. The largest absolute Gasteiger partial charge is 0.451 e. The number of aryl methyl sites for hydroxylation is 1. The van der Waals surface area contributed by atoms with Gasteiger partial charge < -0.3 is 25.8 Å². The van der Waals surface area contributed by atoms with Gasteiger partial charge in [-0.3, -0.25) is 9.69 Å². The van der Waals surface area contributed by atoms with Crippen molar-refractivity contribution in [2.75, 3.05) is 43.4 Å². The standard InChI is InChI=1S/C24H28N6O2/c25-22-7-5-19-23(28-22)16(15-27-19)3-1-2-8-29-9-11-30(12-10-29)18-4-6-20-17(13-18)14-21(32-20)24(26)31/h4-7,13-15,27H,1-3,8-12H2,(H2,25,28)(H2,26,31). The van der Waals surface area contributed by atoms with E-state index in [2.05, 4.69) is 32.0 Å². The summed E-state index contributed by atoms with van der Waals surface area (Å²) in [6.07, 6.45) is 5.35. The Labute approximate surface area is 186 Å². The predicted octanol–water partition coefficient (Wildman–Crippen LogP) is 3.14. The van der Waals surface area contributed by atoms with Gasteiger partial charge in [-0.1, -0.05) is 0 Å². The number of fused-ring (bicyclic) bond motifs is 2. The van der Waals surface area contributed by atoms with E-state index in [4.69, 9.17) is 15.9 Å². The summed E-state index contributed by atoms with van der Waals surface area (Å²) in [6.45, 7) is 5.16. The lowest BCUT2D eigenvalue weighted by Gasteiger charge is -2.36. The summed E-state index contributed by atoms with van der Waals surface area (Å²) in [7, 11) is 0. The van der Waals surface area contributed by atoms with Crippen LogP contribution >= 0.6 is 0 Å². The Kier molecular flexibility index (Phi) is 5.45. The second-order valence-electron chi connectivity index (χ2n) is 8.43. The minimum Gasteiger partial charge on any atom is -0.451 e. The molecular weight excluding hydrogens is 404 g/mol. The first-order valence-corrected chi connectivity index (χ1v) is 11.1. The monoisotopic (exact) mass is 432 g/mol. The molecule has 8 heteroatoms. The highest BCUT2D eigenvalue weighted by molar-refractivity contribution is 5.95. The number of furan rings is 1. The minimum atomic E-state index is -0.540. The summed E-state index contributed by atoms with van der Waals surface area (Å²) in [4.78, 5) is 24.0. The molecule has 8 nitrogen and oxygen atoms in total. The molecule has 1 amide bonds. The van der Waals surface area contributed by atoms with Gasteiger partial charge in [0, 0.05) is 43.4 Å². The molecule has 5 rings (SSSR count). The lowest BCUT2D eigenvalue weighted by atomic mass is 10.1. The van der Waals surface area contributed by atoms with Gasteiger partial charge in [-0.05, 0) is 67.8 Å². The first-order chi connectivity index (χ1) is 15.6. The molecule has 4 heterocycles. The van der Waals surface area contributed by atoms with Gasteiger partial charge in [-0.2, -0.15) is 0 Å². The average Bonchev–Trinajstić information content (AvgIpc) is 3.40. The molecule has 3 aromatic heterocycles. The number of nitrogens with two attached hydrogens (primary N) is 2.